The minimum absolute atomic E-state index is 0.0922. The van der Waals surface area contributed by atoms with Crippen molar-refractivity contribution in [2.75, 3.05) is 19.6 Å². The average molecular weight is 255 g/mol. The van der Waals surface area contributed by atoms with Crippen molar-refractivity contribution in [2.45, 2.75) is 6.42 Å². The van der Waals surface area contributed by atoms with Crippen molar-refractivity contribution in [3.8, 4) is 0 Å². The van der Waals surface area contributed by atoms with Gasteiger partial charge in [0.15, 0.2) is 0 Å². The van der Waals surface area contributed by atoms with Crippen LogP contribution in [0.15, 0.2) is 36.5 Å². The second-order valence-corrected chi connectivity index (χ2v) is 5.02. The van der Waals surface area contributed by atoms with Crippen LogP contribution in [0, 0.1) is 5.92 Å². The predicted molar refractivity (Wildman–Crippen MR) is 74.8 cm³/mol. The molecule has 4 nitrogen and oxygen atoms in total. The van der Waals surface area contributed by atoms with Gasteiger partial charge in [0.05, 0.1) is 5.52 Å². The first-order valence-electron chi connectivity index (χ1n) is 6.62. The standard InChI is InChI=1S/C15H17N3O/c16-9-11-6-8-18(10-11)15(19)13-3-1-5-14-12(13)4-2-7-17-14/h1-5,7,11H,6,8-10,16H2. The second kappa shape index (κ2) is 4.97. The molecule has 2 N–H and O–H groups in total. The molecule has 1 aromatic carbocycles. The lowest BCUT2D eigenvalue weighted by Gasteiger charge is -2.17. The van der Waals surface area contributed by atoms with E-state index in [0.29, 0.717) is 12.5 Å². The third kappa shape index (κ3) is 2.19. The molecule has 0 aliphatic carbocycles. The molecule has 1 atom stereocenters. The number of aromatic nitrogens is 1. The van der Waals surface area contributed by atoms with Crippen LogP contribution in [0.25, 0.3) is 10.9 Å². The highest BCUT2D eigenvalue weighted by molar-refractivity contribution is 6.06. The van der Waals surface area contributed by atoms with Crippen molar-refractivity contribution in [3.63, 3.8) is 0 Å². The molecule has 0 radical (unpaired) electrons. The molecule has 0 saturated carbocycles. The molecule has 4 heteroatoms. The first-order valence-corrected chi connectivity index (χ1v) is 6.62. The maximum Gasteiger partial charge on any atom is 0.254 e. The first kappa shape index (κ1) is 12.1. The lowest BCUT2D eigenvalue weighted by atomic mass is 10.1. The second-order valence-electron chi connectivity index (χ2n) is 5.02. The minimum Gasteiger partial charge on any atom is -0.338 e. The van der Waals surface area contributed by atoms with Gasteiger partial charge in [-0.15, -0.1) is 0 Å². The van der Waals surface area contributed by atoms with E-state index in [9.17, 15) is 4.79 Å². The Hall–Kier alpha value is -1.94. The van der Waals surface area contributed by atoms with Gasteiger partial charge in [-0.3, -0.25) is 9.78 Å². The van der Waals surface area contributed by atoms with Crippen LogP contribution in [0.2, 0.25) is 0 Å². The van der Waals surface area contributed by atoms with Gasteiger partial charge in [0.25, 0.3) is 5.91 Å². The fourth-order valence-electron chi connectivity index (χ4n) is 2.67. The van der Waals surface area contributed by atoms with Crippen molar-refractivity contribution in [1.29, 1.82) is 0 Å². The number of nitrogens with two attached hydrogens (primary N) is 1. The van der Waals surface area contributed by atoms with Gasteiger partial charge in [-0.05, 0) is 37.1 Å². The van der Waals surface area contributed by atoms with Gasteiger partial charge in [0, 0.05) is 30.2 Å². The molecule has 1 saturated heterocycles. The third-order valence-electron chi connectivity index (χ3n) is 3.78. The number of hydrogen-bond acceptors (Lipinski definition) is 3. The molecule has 3 rings (SSSR count). The highest BCUT2D eigenvalue weighted by atomic mass is 16.2. The zero-order valence-corrected chi connectivity index (χ0v) is 10.7. The summed E-state index contributed by atoms with van der Waals surface area (Å²) in [6.07, 6.45) is 2.75. The summed E-state index contributed by atoms with van der Waals surface area (Å²) in [4.78, 5) is 18.8. The third-order valence-corrected chi connectivity index (χ3v) is 3.78. The zero-order chi connectivity index (χ0) is 13.2. The topological polar surface area (TPSA) is 59.2 Å². The van der Waals surface area contributed by atoms with E-state index in [2.05, 4.69) is 4.98 Å². The normalized spacial score (nSPS) is 19.0. The maximum atomic E-state index is 12.6. The first-order chi connectivity index (χ1) is 9.29. The maximum absolute atomic E-state index is 12.6. The fraction of sp³-hybridized carbons (Fsp3) is 0.333. The molecule has 1 aliphatic heterocycles. The quantitative estimate of drug-likeness (QED) is 0.887. The summed E-state index contributed by atoms with van der Waals surface area (Å²) in [5, 5.41) is 0.922. The van der Waals surface area contributed by atoms with Gasteiger partial charge in [-0.2, -0.15) is 0 Å². The summed E-state index contributed by atoms with van der Waals surface area (Å²) in [5.74, 6) is 0.534. The molecule has 1 amide bonds. The Balaban J connectivity index is 1.94. The average Bonchev–Trinajstić information content (AvgIpc) is 2.95. The summed E-state index contributed by atoms with van der Waals surface area (Å²) in [7, 11) is 0. The Morgan fingerprint density at radius 2 is 2.26 bits per heavy atom. The number of pyridine rings is 1. The lowest BCUT2D eigenvalue weighted by molar-refractivity contribution is 0.0789. The summed E-state index contributed by atoms with van der Waals surface area (Å²) < 4.78 is 0. The van der Waals surface area contributed by atoms with Crippen LogP contribution in [0.4, 0.5) is 0 Å². The number of rotatable bonds is 2. The molecule has 1 unspecified atom stereocenters. The van der Waals surface area contributed by atoms with Gasteiger partial charge in [-0.25, -0.2) is 0 Å². The number of fused-ring (bicyclic) bond motifs is 1. The van der Waals surface area contributed by atoms with Gasteiger partial charge in [0.2, 0.25) is 0 Å². The van der Waals surface area contributed by atoms with Crippen molar-refractivity contribution in [1.82, 2.24) is 9.88 Å². The van der Waals surface area contributed by atoms with E-state index in [1.165, 1.54) is 0 Å². The number of carbonyl (C=O) groups excluding carboxylic acids is 1. The van der Waals surface area contributed by atoms with E-state index in [0.717, 1.165) is 36.0 Å². The Morgan fingerprint density at radius 1 is 1.37 bits per heavy atom. The largest absolute Gasteiger partial charge is 0.338 e. The van der Waals surface area contributed by atoms with E-state index in [4.69, 9.17) is 5.73 Å². The molecule has 0 bridgehead atoms. The van der Waals surface area contributed by atoms with E-state index < -0.39 is 0 Å². The number of likely N-dealkylation sites (tertiary alicyclic amines) is 1. The molecule has 0 spiro atoms. The molecule has 19 heavy (non-hydrogen) atoms. The molecule has 1 fully saturated rings. The molecule has 98 valence electrons. The number of amides is 1. The van der Waals surface area contributed by atoms with Crippen molar-refractivity contribution in [2.24, 2.45) is 11.7 Å². The van der Waals surface area contributed by atoms with Crippen LogP contribution in [-0.4, -0.2) is 35.4 Å². The molecule has 2 aromatic rings. The molecule has 1 aromatic heterocycles. The number of nitrogens with zero attached hydrogens (tertiary/aromatic N) is 2. The van der Waals surface area contributed by atoms with Crippen molar-refractivity contribution >= 4 is 16.8 Å². The smallest absolute Gasteiger partial charge is 0.254 e. The summed E-state index contributed by atoms with van der Waals surface area (Å²) >= 11 is 0. The molecular weight excluding hydrogens is 238 g/mol. The van der Waals surface area contributed by atoms with Gasteiger partial charge >= 0.3 is 0 Å². The van der Waals surface area contributed by atoms with Gasteiger partial charge in [0.1, 0.15) is 0 Å². The van der Waals surface area contributed by atoms with Crippen LogP contribution >= 0.6 is 0 Å². The number of carbonyl (C=O) groups is 1. The Kier molecular flexibility index (Phi) is 3.17. The minimum atomic E-state index is 0.0922. The monoisotopic (exact) mass is 255 g/mol. The molecule has 2 heterocycles. The van der Waals surface area contributed by atoms with Crippen LogP contribution in [-0.2, 0) is 0 Å². The van der Waals surface area contributed by atoms with Crippen molar-refractivity contribution in [3.05, 3.63) is 42.1 Å². The zero-order valence-electron chi connectivity index (χ0n) is 10.7. The van der Waals surface area contributed by atoms with E-state index >= 15 is 0 Å². The highest BCUT2D eigenvalue weighted by Crippen LogP contribution is 2.22. The lowest BCUT2D eigenvalue weighted by Crippen LogP contribution is -2.30. The Morgan fingerprint density at radius 3 is 3.05 bits per heavy atom. The van der Waals surface area contributed by atoms with E-state index in [1.807, 2.05) is 35.2 Å². The molecular formula is C15H17N3O. The van der Waals surface area contributed by atoms with Crippen LogP contribution in [0.3, 0.4) is 0 Å². The summed E-state index contributed by atoms with van der Waals surface area (Å²) in [6, 6.07) is 9.51. The Labute approximate surface area is 112 Å². The van der Waals surface area contributed by atoms with Gasteiger partial charge in [-0.1, -0.05) is 12.1 Å². The van der Waals surface area contributed by atoms with Crippen molar-refractivity contribution < 1.29 is 4.79 Å². The Bertz CT molecular complexity index is 606. The number of hydrogen-bond donors (Lipinski definition) is 1. The van der Waals surface area contributed by atoms with Crippen LogP contribution < -0.4 is 5.73 Å². The fourth-order valence-corrected chi connectivity index (χ4v) is 2.67. The molecule has 1 aliphatic rings. The number of benzene rings is 1. The predicted octanol–water partition coefficient (Wildman–Crippen LogP) is 1.66. The van der Waals surface area contributed by atoms with Gasteiger partial charge < -0.3 is 10.6 Å². The van der Waals surface area contributed by atoms with E-state index in [1.54, 1.807) is 6.20 Å². The summed E-state index contributed by atoms with van der Waals surface area (Å²) in [6.45, 7) is 2.23. The highest BCUT2D eigenvalue weighted by Gasteiger charge is 2.26. The van der Waals surface area contributed by atoms with Crippen LogP contribution in [0.1, 0.15) is 16.8 Å². The SMILES string of the molecule is NCC1CCN(C(=O)c2cccc3ncccc23)C1. The van der Waals surface area contributed by atoms with E-state index in [-0.39, 0.29) is 5.91 Å². The van der Waals surface area contributed by atoms with Crippen LogP contribution in [0.5, 0.6) is 0 Å². The summed E-state index contributed by atoms with van der Waals surface area (Å²) in [5.41, 5.74) is 7.28.